The van der Waals surface area contributed by atoms with Crippen LogP contribution in [0.4, 0.5) is 0 Å². The summed E-state index contributed by atoms with van der Waals surface area (Å²) in [7, 11) is 0. The standard InChI is InChI=1S/C4H9N3/c1-2-4(3-5)7-6/h3,6H,2,5H2,1H3/b4-3-,7-6?. The maximum atomic E-state index is 6.44. The molecule has 0 aliphatic carbocycles. The molecule has 3 N–H and O–H groups in total. The summed E-state index contributed by atoms with van der Waals surface area (Å²) in [6.07, 6.45) is 2.08. The summed E-state index contributed by atoms with van der Waals surface area (Å²) in [6, 6.07) is 0. The quantitative estimate of drug-likeness (QED) is 0.502. The highest BCUT2D eigenvalue weighted by Crippen LogP contribution is 1.96. The number of hydrogen-bond donors (Lipinski definition) is 2. The van der Waals surface area contributed by atoms with Gasteiger partial charge in [0, 0.05) is 6.20 Å². The zero-order chi connectivity index (χ0) is 5.70. The smallest absolute Gasteiger partial charge is 0.0774 e. The number of nitrogens with zero attached hydrogens (tertiary/aromatic N) is 1. The van der Waals surface area contributed by atoms with Crippen molar-refractivity contribution in [2.75, 3.05) is 0 Å². The molecule has 0 radical (unpaired) electrons. The molecule has 0 aliphatic heterocycles. The number of rotatable bonds is 2. The molecule has 3 heteroatoms. The van der Waals surface area contributed by atoms with Gasteiger partial charge in [-0.1, -0.05) is 6.92 Å². The fourth-order valence-corrected chi connectivity index (χ4v) is 0.234. The van der Waals surface area contributed by atoms with E-state index in [1.165, 1.54) is 6.20 Å². The molecule has 0 aromatic heterocycles. The molecule has 0 aromatic carbocycles. The molecule has 40 valence electrons. The molecule has 0 unspecified atom stereocenters. The van der Waals surface area contributed by atoms with Crippen LogP contribution < -0.4 is 5.73 Å². The summed E-state index contributed by atoms with van der Waals surface area (Å²) < 4.78 is 0. The van der Waals surface area contributed by atoms with Gasteiger partial charge in [0.2, 0.25) is 0 Å². The number of hydrogen-bond acceptors (Lipinski definition) is 3. The van der Waals surface area contributed by atoms with E-state index in [1.54, 1.807) is 0 Å². The summed E-state index contributed by atoms with van der Waals surface area (Å²) in [4.78, 5) is 0. The maximum Gasteiger partial charge on any atom is 0.0774 e. The Hall–Kier alpha value is -0.860. The Bertz CT molecular complexity index is 84.9. The van der Waals surface area contributed by atoms with Crippen LogP contribution in [0.2, 0.25) is 0 Å². The molecule has 0 aliphatic rings. The Morgan fingerprint density at radius 2 is 2.57 bits per heavy atom. The largest absolute Gasteiger partial charge is 0.403 e. The van der Waals surface area contributed by atoms with Gasteiger partial charge < -0.3 is 5.73 Å². The second-order valence-corrected chi connectivity index (χ2v) is 1.12. The molecule has 0 atom stereocenters. The molecule has 3 nitrogen and oxygen atoms in total. The first-order valence-electron chi connectivity index (χ1n) is 2.13. The average Bonchev–Trinajstić information content (AvgIpc) is 1.72. The third-order valence-electron chi connectivity index (χ3n) is 0.698. The van der Waals surface area contributed by atoms with Crippen molar-refractivity contribution in [3.63, 3.8) is 0 Å². The van der Waals surface area contributed by atoms with Gasteiger partial charge in [-0.25, -0.2) is 5.53 Å². The van der Waals surface area contributed by atoms with E-state index in [0.717, 1.165) is 6.42 Å². The molecule has 0 heterocycles. The summed E-state index contributed by atoms with van der Waals surface area (Å²) in [5.74, 6) is 0. The van der Waals surface area contributed by atoms with E-state index in [-0.39, 0.29) is 0 Å². The summed E-state index contributed by atoms with van der Waals surface area (Å²) >= 11 is 0. The predicted octanol–water partition coefficient (Wildman–Crippen LogP) is 1.23. The van der Waals surface area contributed by atoms with Crippen LogP contribution in [0, 0.1) is 5.53 Å². The van der Waals surface area contributed by atoms with Crippen molar-refractivity contribution >= 4 is 0 Å². The Kier molecular flexibility index (Phi) is 2.92. The maximum absolute atomic E-state index is 6.44. The Labute approximate surface area is 42.7 Å². The summed E-state index contributed by atoms with van der Waals surface area (Å²) in [6.45, 7) is 1.90. The van der Waals surface area contributed by atoms with E-state index in [2.05, 4.69) is 5.11 Å². The molecular weight excluding hydrogens is 90.1 g/mol. The van der Waals surface area contributed by atoms with Gasteiger partial charge in [0.1, 0.15) is 0 Å². The predicted molar refractivity (Wildman–Crippen MR) is 27.7 cm³/mol. The average molecular weight is 99.1 g/mol. The van der Waals surface area contributed by atoms with Gasteiger partial charge in [0.15, 0.2) is 0 Å². The molecule has 0 rings (SSSR count). The molecule has 0 saturated heterocycles. The SMILES string of the molecule is CC/C(=C/N)N=N. The van der Waals surface area contributed by atoms with Crippen molar-refractivity contribution < 1.29 is 0 Å². The van der Waals surface area contributed by atoms with E-state index in [0.29, 0.717) is 5.70 Å². The first-order chi connectivity index (χ1) is 3.35. The van der Waals surface area contributed by atoms with Crippen molar-refractivity contribution in [1.29, 1.82) is 5.53 Å². The van der Waals surface area contributed by atoms with E-state index in [9.17, 15) is 0 Å². The van der Waals surface area contributed by atoms with Crippen LogP contribution in [-0.2, 0) is 0 Å². The minimum atomic E-state index is 0.625. The molecule has 7 heavy (non-hydrogen) atoms. The van der Waals surface area contributed by atoms with Crippen LogP contribution in [0.15, 0.2) is 17.0 Å². The number of nitrogens with two attached hydrogens (primary N) is 1. The zero-order valence-corrected chi connectivity index (χ0v) is 4.31. The first kappa shape index (κ1) is 6.14. The zero-order valence-electron chi connectivity index (χ0n) is 4.31. The van der Waals surface area contributed by atoms with Crippen LogP contribution in [-0.4, -0.2) is 0 Å². The van der Waals surface area contributed by atoms with Gasteiger partial charge >= 0.3 is 0 Å². The fraction of sp³-hybridized carbons (Fsp3) is 0.500. The molecule has 0 bridgehead atoms. The Morgan fingerprint density at radius 1 is 2.00 bits per heavy atom. The first-order valence-corrected chi connectivity index (χ1v) is 2.13. The molecule has 0 aromatic rings. The van der Waals surface area contributed by atoms with E-state index >= 15 is 0 Å². The summed E-state index contributed by atoms with van der Waals surface area (Å²) in [5.41, 5.74) is 12.1. The highest BCUT2D eigenvalue weighted by molar-refractivity contribution is 4.92. The second-order valence-electron chi connectivity index (χ2n) is 1.12. The Morgan fingerprint density at radius 3 is 2.57 bits per heavy atom. The van der Waals surface area contributed by atoms with Crippen LogP contribution in [0.1, 0.15) is 13.3 Å². The highest BCUT2D eigenvalue weighted by Gasteiger charge is 1.81. The topological polar surface area (TPSA) is 62.2 Å². The minimum Gasteiger partial charge on any atom is -0.403 e. The lowest BCUT2D eigenvalue weighted by molar-refractivity contribution is 0.955. The van der Waals surface area contributed by atoms with Gasteiger partial charge in [0.05, 0.1) is 5.70 Å². The van der Waals surface area contributed by atoms with Crippen molar-refractivity contribution in [3.8, 4) is 0 Å². The monoisotopic (exact) mass is 99.1 g/mol. The van der Waals surface area contributed by atoms with Crippen LogP contribution in [0.25, 0.3) is 0 Å². The van der Waals surface area contributed by atoms with Crippen molar-refractivity contribution in [2.45, 2.75) is 13.3 Å². The third-order valence-corrected chi connectivity index (χ3v) is 0.698. The van der Waals surface area contributed by atoms with E-state index < -0.39 is 0 Å². The van der Waals surface area contributed by atoms with Crippen LogP contribution in [0.5, 0.6) is 0 Å². The van der Waals surface area contributed by atoms with Gasteiger partial charge in [-0.15, -0.1) is 0 Å². The molecule has 0 spiro atoms. The number of allylic oxidation sites excluding steroid dienone is 1. The van der Waals surface area contributed by atoms with Crippen LogP contribution >= 0.6 is 0 Å². The lowest BCUT2D eigenvalue weighted by atomic mass is 10.4. The third kappa shape index (κ3) is 1.92. The molecule has 0 saturated carbocycles. The normalized spacial score (nSPS) is 11.3. The van der Waals surface area contributed by atoms with Gasteiger partial charge in [-0.3, -0.25) is 0 Å². The lowest BCUT2D eigenvalue weighted by Crippen LogP contribution is -1.81. The van der Waals surface area contributed by atoms with E-state index in [4.69, 9.17) is 11.3 Å². The lowest BCUT2D eigenvalue weighted by Gasteiger charge is -1.85. The van der Waals surface area contributed by atoms with Crippen molar-refractivity contribution in [3.05, 3.63) is 11.9 Å². The van der Waals surface area contributed by atoms with E-state index in [1.807, 2.05) is 6.92 Å². The number of nitrogens with one attached hydrogen (secondary N) is 1. The van der Waals surface area contributed by atoms with Gasteiger partial charge in [-0.2, -0.15) is 5.11 Å². The summed E-state index contributed by atoms with van der Waals surface area (Å²) in [5, 5.41) is 3.11. The minimum absolute atomic E-state index is 0.625. The van der Waals surface area contributed by atoms with Gasteiger partial charge in [-0.05, 0) is 6.42 Å². The van der Waals surface area contributed by atoms with Crippen molar-refractivity contribution in [2.24, 2.45) is 10.8 Å². The fourth-order valence-electron chi connectivity index (χ4n) is 0.234. The Balaban J connectivity index is 3.60. The van der Waals surface area contributed by atoms with Crippen molar-refractivity contribution in [1.82, 2.24) is 0 Å². The molecular formula is C4H9N3. The van der Waals surface area contributed by atoms with Crippen LogP contribution in [0.3, 0.4) is 0 Å². The molecule has 0 fully saturated rings. The highest BCUT2D eigenvalue weighted by atomic mass is 15.0. The van der Waals surface area contributed by atoms with Gasteiger partial charge in [0.25, 0.3) is 0 Å². The molecule has 0 amide bonds. The second kappa shape index (κ2) is 3.33.